The van der Waals surface area contributed by atoms with E-state index in [4.69, 9.17) is 5.11 Å². The lowest BCUT2D eigenvalue weighted by atomic mass is 10.0. The molecule has 0 spiro atoms. The molecular formula is C8H11NO3. The Morgan fingerprint density at radius 3 is 2.83 bits per heavy atom. The maximum Gasteiger partial charge on any atom is 0.219 e. The van der Waals surface area contributed by atoms with Crippen molar-refractivity contribution in [2.45, 2.75) is 19.1 Å². The van der Waals surface area contributed by atoms with Crippen LogP contribution in [0.25, 0.3) is 0 Å². The normalized spacial score (nSPS) is 28.0. The van der Waals surface area contributed by atoms with E-state index >= 15 is 0 Å². The van der Waals surface area contributed by atoms with Crippen molar-refractivity contribution in [2.24, 2.45) is 0 Å². The highest BCUT2D eigenvalue weighted by Crippen LogP contribution is 2.16. The van der Waals surface area contributed by atoms with Crippen molar-refractivity contribution >= 4 is 5.91 Å². The molecule has 0 aliphatic heterocycles. The minimum atomic E-state index is -1.34. The monoisotopic (exact) mass is 169 g/mol. The minimum absolute atomic E-state index is 0.102. The van der Waals surface area contributed by atoms with Gasteiger partial charge in [0.25, 0.3) is 0 Å². The minimum Gasteiger partial charge on any atom is -0.508 e. The van der Waals surface area contributed by atoms with Crippen molar-refractivity contribution in [2.75, 3.05) is 0 Å². The smallest absolute Gasteiger partial charge is 0.219 e. The third-order valence-electron chi connectivity index (χ3n) is 1.54. The Morgan fingerprint density at radius 2 is 2.42 bits per heavy atom. The maximum atomic E-state index is 10.6. The summed E-state index contributed by atoms with van der Waals surface area (Å²) in [5.41, 5.74) is -1.34. The average Bonchev–Trinajstić information content (AvgIpc) is 1.94. The van der Waals surface area contributed by atoms with E-state index in [0.717, 1.165) is 0 Å². The van der Waals surface area contributed by atoms with Crippen molar-refractivity contribution in [3.8, 4) is 0 Å². The summed E-state index contributed by atoms with van der Waals surface area (Å²) in [6.45, 7) is 1.32. The fourth-order valence-corrected chi connectivity index (χ4v) is 1.02. The molecule has 1 aliphatic carbocycles. The number of nitrogens with one attached hydrogen (secondary N) is 1. The molecule has 0 saturated carbocycles. The lowest BCUT2D eigenvalue weighted by Crippen LogP contribution is -2.46. The van der Waals surface area contributed by atoms with Gasteiger partial charge in [-0.05, 0) is 18.2 Å². The van der Waals surface area contributed by atoms with Crippen LogP contribution < -0.4 is 5.32 Å². The second-order valence-electron chi connectivity index (χ2n) is 2.77. The number of amides is 1. The predicted molar refractivity (Wildman–Crippen MR) is 43.2 cm³/mol. The third kappa shape index (κ3) is 2.10. The van der Waals surface area contributed by atoms with Gasteiger partial charge in [0.2, 0.25) is 5.91 Å². The van der Waals surface area contributed by atoms with Crippen LogP contribution in [0, 0.1) is 0 Å². The van der Waals surface area contributed by atoms with Crippen LogP contribution in [0.1, 0.15) is 13.3 Å². The molecule has 0 aromatic rings. The molecule has 0 aromatic carbocycles. The summed E-state index contributed by atoms with van der Waals surface area (Å²) in [4.78, 5) is 10.6. The van der Waals surface area contributed by atoms with Crippen LogP contribution in [0.4, 0.5) is 0 Å². The summed E-state index contributed by atoms with van der Waals surface area (Å²) in [6.07, 6.45) is 4.33. The van der Waals surface area contributed by atoms with Gasteiger partial charge in [0.05, 0.1) is 0 Å². The SMILES string of the molecule is CC(=O)NC1(O)C=CC(O)=CC1. The highest BCUT2D eigenvalue weighted by Gasteiger charge is 2.25. The van der Waals surface area contributed by atoms with Gasteiger partial charge in [-0.3, -0.25) is 4.79 Å². The quantitative estimate of drug-likeness (QED) is 0.491. The number of carbonyl (C=O) groups is 1. The molecule has 1 aliphatic rings. The fourth-order valence-electron chi connectivity index (χ4n) is 1.02. The molecule has 3 N–H and O–H groups in total. The predicted octanol–water partition coefficient (Wildman–Crippen LogP) is 0.213. The zero-order valence-electron chi connectivity index (χ0n) is 6.74. The molecule has 1 atom stereocenters. The van der Waals surface area contributed by atoms with E-state index in [1.165, 1.54) is 25.2 Å². The molecule has 12 heavy (non-hydrogen) atoms. The summed E-state index contributed by atoms with van der Waals surface area (Å²) >= 11 is 0. The summed E-state index contributed by atoms with van der Waals surface area (Å²) in [6, 6.07) is 0. The van der Waals surface area contributed by atoms with E-state index in [1.54, 1.807) is 0 Å². The Kier molecular flexibility index (Phi) is 2.19. The Bertz CT molecular complexity index is 257. The number of hydrogen-bond acceptors (Lipinski definition) is 3. The highest BCUT2D eigenvalue weighted by atomic mass is 16.3. The number of aliphatic hydroxyl groups is 2. The Labute approximate surface area is 70.2 Å². The second-order valence-corrected chi connectivity index (χ2v) is 2.77. The number of aliphatic hydroxyl groups excluding tert-OH is 1. The van der Waals surface area contributed by atoms with Crippen LogP contribution in [0.2, 0.25) is 0 Å². The van der Waals surface area contributed by atoms with Gasteiger partial charge in [0.1, 0.15) is 5.76 Å². The van der Waals surface area contributed by atoms with Crippen molar-refractivity contribution in [3.63, 3.8) is 0 Å². The topological polar surface area (TPSA) is 69.6 Å². The van der Waals surface area contributed by atoms with Gasteiger partial charge < -0.3 is 15.5 Å². The van der Waals surface area contributed by atoms with Crippen LogP contribution >= 0.6 is 0 Å². The zero-order valence-corrected chi connectivity index (χ0v) is 6.74. The van der Waals surface area contributed by atoms with Gasteiger partial charge in [0.15, 0.2) is 5.72 Å². The third-order valence-corrected chi connectivity index (χ3v) is 1.54. The number of allylic oxidation sites excluding steroid dienone is 1. The summed E-state index contributed by atoms with van der Waals surface area (Å²) in [7, 11) is 0. The Morgan fingerprint density at radius 1 is 1.75 bits per heavy atom. The lowest BCUT2D eigenvalue weighted by molar-refractivity contribution is -0.124. The lowest BCUT2D eigenvalue weighted by Gasteiger charge is -2.25. The maximum absolute atomic E-state index is 10.6. The van der Waals surface area contributed by atoms with E-state index < -0.39 is 5.72 Å². The van der Waals surface area contributed by atoms with Crippen LogP contribution in [-0.4, -0.2) is 21.8 Å². The van der Waals surface area contributed by atoms with E-state index in [0.29, 0.717) is 0 Å². The molecular weight excluding hydrogens is 158 g/mol. The average molecular weight is 169 g/mol. The van der Waals surface area contributed by atoms with Crippen LogP contribution in [0.15, 0.2) is 24.0 Å². The van der Waals surface area contributed by atoms with Crippen molar-refractivity contribution in [3.05, 3.63) is 24.0 Å². The molecule has 0 radical (unpaired) electrons. The molecule has 0 bridgehead atoms. The van der Waals surface area contributed by atoms with Gasteiger partial charge in [-0.2, -0.15) is 0 Å². The molecule has 1 rings (SSSR count). The molecule has 4 heteroatoms. The summed E-state index contributed by atoms with van der Waals surface area (Å²) in [5.74, 6) is -0.207. The zero-order chi connectivity index (χ0) is 9.19. The number of rotatable bonds is 1. The van der Waals surface area contributed by atoms with E-state index in [9.17, 15) is 9.90 Å². The van der Waals surface area contributed by atoms with Gasteiger partial charge in [0, 0.05) is 13.3 Å². The molecule has 1 unspecified atom stereocenters. The molecule has 0 saturated heterocycles. The standard InChI is InChI=1S/C8H11NO3/c1-6(10)9-8(12)4-2-7(11)3-5-8/h2-4,11-12H,5H2,1H3,(H,9,10). The van der Waals surface area contributed by atoms with Crippen LogP contribution in [0.3, 0.4) is 0 Å². The van der Waals surface area contributed by atoms with Gasteiger partial charge in [-0.15, -0.1) is 0 Å². The first-order valence-corrected chi connectivity index (χ1v) is 3.61. The van der Waals surface area contributed by atoms with Crippen LogP contribution in [0.5, 0.6) is 0 Å². The number of carbonyl (C=O) groups excluding carboxylic acids is 1. The molecule has 0 aromatic heterocycles. The largest absolute Gasteiger partial charge is 0.508 e. The molecule has 0 fully saturated rings. The van der Waals surface area contributed by atoms with E-state index in [-0.39, 0.29) is 18.1 Å². The Balaban J connectivity index is 2.65. The van der Waals surface area contributed by atoms with Crippen LogP contribution in [-0.2, 0) is 4.79 Å². The fraction of sp³-hybridized carbons (Fsp3) is 0.375. The first-order valence-electron chi connectivity index (χ1n) is 3.61. The summed E-state index contributed by atoms with van der Waals surface area (Å²) < 4.78 is 0. The second kappa shape index (κ2) is 2.98. The van der Waals surface area contributed by atoms with Crippen molar-refractivity contribution in [1.82, 2.24) is 5.32 Å². The number of hydrogen-bond donors (Lipinski definition) is 3. The van der Waals surface area contributed by atoms with Crippen molar-refractivity contribution < 1.29 is 15.0 Å². The molecule has 1 amide bonds. The first kappa shape index (κ1) is 8.80. The van der Waals surface area contributed by atoms with E-state index in [1.807, 2.05) is 0 Å². The molecule has 4 nitrogen and oxygen atoms in total. The highest BCUT2D eigenvalue weighted by molar-refractivity contribution is 5.74. The molecule has 0 heterocycles. The van der Waals surface area contributed by atoms with Gasteiger partial charge in [-0.25, -0.2) is 0 Å². The molecule has 66 valence electrons. The van der Waals surface area contributed by atoms with Gasteiger partial charge >= 0.3 is 0 Å². The Hall–Kier alpha value is -1.29. The van der Waals surface area contributed by atoms with Gasteiger partial charge in [-0.1, -0.05) is 0 Å². The van der Waals surface area contributed by atoms with E-state index in [2.05, 4.69) is 5.32 Å². The first-order chi connectivity index (χ1) is 5.52. The van der Waals surface area contributed by atoms with Crippen molar-refractivity contribution in [1.29, 1.82) is 0 Å². The summed E-state index contributed by atoms with van der Waals surface area (Å²) in [5, 5.41) is 20.9.